The van der Waals surface area contributed by atoms with Gasteiger partial charge in [-0.25, -0.2) is 0 Å². The summed E-state index contributed by atoms with van der Waals surface area (Å²) in [7, 11) is 4.13. The molecular weight excluding hydrogens is 364 g/mol. The Morgan fingerprint density at radius 2 is 1.71 bits per heavy atom. The molecule has 1 saturated carbocycles. The molecule has 0 atom stereocenters. The first kappa shape index (κ1) is 20.6. The van der Waals surface area contributed by atoms with E-state index in [9.17, 15) is 0 Å². The minimum atomic E-state index is 0.498. The summed E-state index contributed by atoms with van der Waals surface area (Å²) in [6.07, 6.45) is 9.58. The Morgan fingerprint density at radius 1 is 1.00 bits per heavy atom. The second-order valence-corrected chi connectivity index (χ2v) is 8.26. The van der Waals surface area contributed by atoms with Gasteiger partial charge in [-0.05, 0) is 54.9 Å². The number of benzene rings is 1. The smallest absolute Gasteiger partial charge is 0.169 e. The SMILES string of the molecule is CN(C)c1ccc(CN(Cc2ccccn2)C(=S)NC2CCCCCC2)cc1. The average molecular weight is 397 g/mol. The normalized spacial score (nSPS) is 14.9. The van der Waals surface area contributed by atoms with Gasteiger partial charge in [-0.2, -0.15) is 0 Å². The zero-order chi connectivity index (χ0) is 19.8. The van der Waals surface area contributed by atoms with Crippen LogP contribution in [0.15, 0.2) is 48.7 Å². The molecule has 1 aliphatic carbocycles. The summed E-state index contributed by atoms with van der Waals surface area (Å²) >= 11 is 5.84. The summed E-state index contributed by atoms with van der Waals surface area (Å²) in [5, 5.41) is 4.49. The first-order valence-corrected chi connectivity index (χ1v) is 10.7. The van der Waals surface area contributed by atoms with Crippen LogP contribution in [-0.4, -0.2) is 35.1 Å². The highest BCUT2D eigenvalue weighted by Gasteiger charge is 2.17. The van der Waals surface area contributed by atoms with Crippen LogP contribution in [0.4, 0.5) is 5.69 Å². The molecule has 1 aliphatic rings. The summed E-state index contributed by atoms with van der Waals surface area (Å²) in [5.74, 6) is 0. The third-order valence-electron chi connectivity index (χ3n) is 5.38. The van der Waals surface area contributed by atoms with Crippen LogP contribution in [0.2, 0.25) is 0 Å². The molecule has 1 N–H and O–H groups in total. The van der Waals surface area contributed by atoms with Crippen LogP contribution < -0.4 is 10.2 Å². The van der Waals surface area contributed by atoms with Crippen molar-refractivity contribution in [2.24, 2.45) is 0 Å². The van der Waals surface area contributed by atoms with E-state index in [-0.39, 0.29) is 0 Å². The van der Waals surface area contributed by atoms with E-state index in [1.807, 2.05) is 18.3 Å². The van der Waals surface area contributed by atoms with E-state index in [0.717, 1.165) is 23.9 Å². The summed E-state index contributed by atoms with van der Waals surface area (Å²) in [5.41, 5.74) is 3.50. The van der Waals surface area contributed by atoms with Crippen LogP contribution in [0.25, 0.3) is 0 Å². The van der Waals surface area contributed by atoms with E-state index in [1.54, 1.807) is 0 Å². The maximum atomic E-state index is 5.84. The predicted octanol–water partition coefficient (Wildman–Crippen LogP) is 4.75. The van der Waals surface area contributed by atoms with Crippen LogP contribution >= 0.6 is 12.2 Å². The molecule has 1 aromatic heterocycles. The van der Waals surface area contributed by atoms with Crippen LogP contribution in [0.1, 0.15) is 49.8 Å². The Hall–Kier alpha value is -2.14. The van der Waals surface area contributed by atoms with E-state index >= 15 is 0 Å². The number of aromatic nitrogens is 1. The lowest BCUT2D eigenvalue weighted by molar-refractivity contribution is 0.380. The van der Waals surface area contributed by atoms with E-state index in [0.29, 0.717) is 6.04 Å². The largest absolute Gasteiger partial charge is 0.378 e. The van der Waals surface area contributed by atoms with Gasteiger partial charge in [0.2, 0.25) is 0 Å². The highest BCUT2D eigenvalue weighted by atomic mass is 32.1. The zero-order valence-electron chi connectivity index (χ0n) is 17.1. The van der Waals surface area contributed by atoms with E-state index in [2.05, 4.69) is 64.5 Å². The van der Waals surface area contributed by atoms with Crippen molar-refractivity contribution in [3.63, 3.8) is 0 Å². The second kappa shape index (κ2) is 10.4. The lowest BCUT2D eigenvalue weighted by Crippen LogP contribution is -2.44. The van der Waals surface area contributed by atoms with Crippen LogP contribution in [0.3, 0.4) is 0 Å². The number of anilines is 1. The fraction of sp³-hybridized carbons (Fsp3) is 0.478. The van der Waals surface area contributed by atoms with Crippen LogP contribution in [-0.2, 0) is 13.1 Å². The molecular formula is C23H32N4S. The molecule has 5 heteroatoms. The van der Waals surface area contributed by atoms with Gasteiger partial charge in [0.1, 0.15) is 0 Å². The first-order valence-electron chi connectivity index (χ1n) is 10.3. The number of nitrogens with zero attached hydrogens (tertiary/aromatic N) is 3. The van der Waals surface area contributed by atoms with Crippen LogP contribution in [0, 0.1) is 0 Å². The topological polar surface area (TPSA) is 31.4 Å². The van der Waals surface area contributed by atoms with Gasteiger partial charge < -0.3 is 15.1 Å². The van der Waals surface area contributed by atoms with Crippen molar-refractivity contribution in [2.45, 2.75) is 57.7 Å². The van der Waals surface area contributed by atoms with Gasteiger partial charge in [0.15, 0.2) is 5.11 Å². The second-order valence-electron chi connectivity index (χ2n) is 7.88. The maximum absolute atomic E-state index is 5.84. The molecule has 1 heterocycles. The third kappa shape index (κ3) is 6.20. The van der Waals surface area contributed by atoms with Gasteiger partial charge in [-0.3, -0.25) is 4.98 Å². The fourth-order valence-electron chi connectivity index (χ4n) is 3.70. The summed E-state index contributed by atoms with van der Waals surface area (Å²) in [6, 6.07) is 15.3. The molecule has 2 aromatic rings. The third-order valence-corrected chi connectivity index (χ3v) is 5.75. The fourth-order valence-corrected chi connectivity index (χ4v) is 3.99. The highest BCUT2D eigenvalue weighted by molar-refractivity contribution is 7.80. The molecule has 1 aromatic carbocycles. The summed E-state index contributed by atoms with van der Waals surface area (Å²) < 4.78 is 0. The van der Waals surface area contributed by atoms with Crippen molar-refractivity contribution in [3.05, 3.63) is 59.9 Å². The van der Waals surface area contributed by atoms with Gasteiger partial charge in [-0.15, -0.1) is 0 Å². The molecule has 0 saturated heterocycles. The van der Waals surface area contributed by atoms with E-state index < -0.39 is 0 Å². The number of rotatable bonds is 6. The highest BCUT2D eigenvalue weighted by Crippen LogP contribution is 2.19. The molecule has 4 nitrogen and oxygen atoms in total. The molecule has 150 valence electrons. The molecule has 0 aliphatic heterocycles. The number of thiocarbonyl (C=S) groups is 1. The predicted molar refractivity (Wildman–Crippen MR) is 121 cm³/mol. The molecule has 28 heavy (non-hydrogen) atoms. The van der Waals surface area contributed by atoms with Crippen molar-refractivity contribution in [1.29, 1.82) is 0 Å². The van der Waals surface area contributed by atoms with Gasteiger partial charge in [0.05, 0.1) is 12.2 Å². The van der Waals surface area contributed by atoms with Crippen LogP contribution in [0.5, 0.6) is 0 Å². The number of pyridine rings is 1. The molecule has 0 unspecified atom stereocenters. The van der Waals surface area contributed by atoms with Crippen molar-refractivity contribution in [1.82, 2.24) is 15.2 Å². The molecule has 3 rings (SSSR count). The zero-order valence-corrected chi connectivity index (χ0v) is 17.9. The average Bonchev–Trinajstić information content (AvgIpc) is 2.97. The van der Waals surface area contributed by atoms with Crippen molar-refractivity contribution in [3.8, 4) is 0 Å². The standard InChI is InChI=1S/C23H32N4S/c1-26(2)22-14-12-19(13-15-22)17-27(18-21-11-7-8-16-24-21)23(28)25-20-9-5-3-4-6-10-20/h7-8,11-16,20H,3-6,9-10,17-18H2,1-2H3,(H,25,28). The van der Waals surface area contributed by atoms with Gasteiger partial charge in [0.25, 0.3) is 0 Å². The van der Waals surface area contributed by atoms with Crippen molar-refractivity contribution in [2.75, 3.05) is 19.0 Å². The minimum absolute atomic E-state index is 0.498. The quantitative estimate of drug-likeness (QED) is 0.563. The van der Waals surface area contributed by atoms with Crippen molar-refractivity contribution >= 4 is 23.0 Å². The lowest BCUT2D eigenvalue weighted by atomic mass is 10.1. The minimum Gasteiger partial charge on any atom is -0.378 e. The Kier molecular flexibility index (Phi) is 7.66. The lowest BCUT2D eigenvalue weighted by Gasteiger charge is -2.29. The Labute approximate surface area is 175 Å². The summed E-state index contributed by atoms with van der Waals surface area (Å²) in [6.45, 7) is 1.50. The van der Waals surface area contributed by atoms with Gasteiger partial charge >= 0.3 is 0 Å². The maximum Gasteiger partial charge on any atom is 0.169 e. The van der Waals surface area contributed by atoms with Gasteiger partial charge in [0, 0.05) is 38.6 Å². The van der Waals surface area contributed by atoms with E-state index in [1.165, 1.54) is 49.8 Å². The van der Waals surface area contributed by atoms with Gasteiger partial charge in [-0.1, -0.05) is 43.9 Å². The number of nitrogens with one attached hydrogen (secondary N) is 1. The van der Waals surface area contributed by atoms with E-state index in [4.69, 9.17) is 12.2 Å². The Balaban J connectivity index is 1.71. The first-order chi connectivity index (χ1) is 13.6. The molecule has 0 radical (unpaired) electrons. The number of hydrogen-bond acceptors (Lipinski definition) is 3. The summed E-state index contributed by atoms with van der Waals surface area (Å²) in [4.78, 5) is 8.87. The number of hydrogen-bond donors (Lipinski definition) is 1. The van der Waals surface area contributed by atoms with Crippen molar-refractivity contribution < 1.29 is 0 Å². The molecule has 0 spiro atoms. The molecule has 0 amide bonds. The molecule has 0 bridgehead atoms. The Morgan fingerprint density at radius 3 is 2.32 bits per heavy atom. The molecule has 1 fully saturated rings. The monoisotopic (exact) mass is 396 g/mol. The Bertz CT molecular complexity index is 722.